The van der Waals surface area contributed by atoms with Crippen molar-refractivity contribution < 1.29 is 19.1 Å². The van der Waals surface area contributed by atoms with Crippen molar-refractivity contribution in [3.8, 4) is 0 Å². The molecule has 1 unspecified atom stereocenters. The van der Waals surface area contributed by atoms with Crippen molar-refractivity contribution in [2.24, 2.45) is 0 Å². The molecule has 0 aliphatic rings. The van der Waals surface area contributed by atoms with Gasteiger partial charge in [0.25, 0.3) is 0 Å². The molecule has 0 saturated heterocycles. The van der Waals surface area contributed by atoms with E-state index in [1.165, 1.54) is 4.90 Å². The van der Waals surface area contributed by atoms with E-state index in [0.717, 1.165) is 5.56 Å². The highest BCUT2D eigenvalue weighted by Gasteiger charge is 2.39. The van der Waals surface area contributed by atoms with Gasteiger partial charge in [-0.3, -0.25) is 9.59 Å². The minimum atomic E-state index is -0.855. The zero-order valence-corrected chi connectivity index (χ0v) is 20.7. The predicted octanol–water partition coefficient (Wildman–Crippen LogP) is 4.10. The van der Waals surface area contributed by atoms with Gasteiger partial charge in [-0.25, -0.2) is 4.79 Å². The first-order chi connectivity index (χ1) is 13.9. The maximum atomic E-state index is 13.4. The smallest absolute Gasteiger partial charge is 0.408 e. The van der Waals surface area contributed by atoms with Crippen molar-refractivity contribution >= 4 is 17.9 Å². The average molecular weight is 434 g/mol. The Morgan fingerprint density at radius 1 is 1.00 bits per heavy atom. The molecule has 1 aromatic carbocycles. The molecular weight excluding hydrogens is 394 g/mol. The number of alkyl carbamates (subject to hydrolysis) is 1. The quantitative estimate of drug-likeness (QED) is 0.732. The Morgan fingerprint density at radius 3 is 2.03 bits per heavy atom. The number of benzene rings is 1. The third kappa shape index (κ3) is 8.99. The van der Waals surface area contributed by atoms with Crippen LogP contribution in [0.5, 0.6) is 0 Å². The van der Waals surface area contributed by atoms with Crippen LogP contribution in [-0.2, 0) is 14.3 Å². The summed E-state index contributed by atoms with van der Waals surface area (Å²) in [5.74, 6) is -0.660. The molecule has 2 N–H and O–H groups in total. The van der Waals surface area contributed by atoms with Gasteiger partial charge >= 0.3 is 6.09 Å². The molecule has 174 valence electrons. The standard InChI is InChI=1S/C24H39N3O4/c1-16-12-11-13-17(14-16)19(20(29)26-22(2,3)4)27(23(5,6)7)18(28)15-25-21(30)31-24(8,9)10/h11-14,19H,15H2,1-10H3,(H,25,30)(H,26,29). The average Bonchev–Trinajstić information content (AvgIpc) is 2.53. The Bertz CT molecular complexity index is 798. The summed E-state index contributed by atoms with van der Waals surface area (Å²) in [7, 11) is 0. The van der Waals surface area contributed by atoms with E-state index in [1.807, 2.05) is 72.7 Å². The van der Waals surface area contributed by atoms with E-state index in [-0.39, 0.29) is 18.4 Å². The molecule has 1 rings (SSSR count). The number of nitrogens with zero attached hydrogens (tertiary/aromatic N) is 1. The Morgan fingerprint density at radius 2 is 1.58 bits per heavy atom. The molecule has 0 spiro atoms. The summed E-state index contributed by atoms with van der Waals surface area (Å²) < 4.78 is 5.23. The fraction of sp³-hybridized carbons (Fsp3) is 0.625. The van der Waals surface area contributed by atoms with Crippen LogP contribution in [0.15, 0.2) is 24.3 Å². The van der Waals surface area contributed by atoms with Crippen molar-refractivity contribution in [2.75, 3.05) is 6.54 Å². The second-order valence-electron chi connectivity index (χ2n) is 10.8. The lowest BCUT2D eigenvalue weighted by atomic mass is 9.95. The third-order valence-corrected chi connectivity index (χ3v) is 4.14. The Labute approximate surface area is 186 Å². The lowest BCUT2D eigenvalue weighted by Gasteiger charge is -2.42. The minimum absolute atomic E-state index is 0.279. The highest BCUT2D eigenvalue weighted by Crippen LogP contribution is 2.30. The number of carbonyl (C=O) groups is 3. The maximum absolute atomic E-state index is 13.4. The Kier molecular flexibility index (Phi) is 8.29. The SMILES string of the molecule is Cc1cccc(C(C(=O)NC(C)(C)C)N(C(=O)CNC(=O)OC(C)(C)C)C(C)(C)C)c1. The summed E-state index contributed by atoms with van der Waals surface area (Å²) in [6.45, 7) is 18.2. The maximum Gasteiger partial charge on any atom is 0.408 e. The molecule has 0 aromatic heterocycles. The van der Waals surface area contributed by atoms with E-state index in [4.69, 9.17) is 4.74 Å². The van der Waals surface area contributed by atoms with E-state index in [1.54, 1.807) is 20.8 Å². The first kappa shape index (κ1) is 26.5. The minimum Gasteiger partial charge on any atom is -0.444 e. The van der Waals surface area contributed by atoms with E-state index in [2.05, 4.69) is 10.6 Å². The first-order valence-corrected chi connectivity index (χ1v) is 10.6. The van der Waals surface area contributed by atoms with E-state index >= 15 is 0 Å². The molecule has 0 aliphatic heterocycles. The highest BCUT2D eigenvalue weighted by molar-refractivity contribution is 5.91. The normalized spacial score (nSPS) is 13.2. The largest absolute Gasteiger partial charge is 0.444 e. The summed E-state index contributed by atoms with van der Waals surface area (Å²) in [6.07, 6.45) is -0.680. The van der Waals surface area contributed by atoms with Gasteiger partial charge in [-0.1, -0.05) is 29.8 Å². The molecule has 7 heteroatoms. The summed E-state index contributed by atoms with van der Waals surface area (Å²) in [5.41, 5.74) is -0.133. The molecule has 0 saturated carbocycles. The van der Waals surface area contributed by atoms with Crippen LogP contribution < -0.4 is 10.6 Å². The Balaban J connectivity index is 3.31. The predicted molar refractivity (Wildman–Crippen MR) is 123 cm³/mol. The van der Waals surface area contributed by atoms with Crippen LogP contribution in [0.3, 0.4) is 0 Å². The highest BCUT2D eigenvalue weighted by atomic mass is 16.6. The van der Waals surface area contributed by atoms with Gasteiger partial charge in [0.2, 0.25) is 11.8 Å². The summed E-state index contributed by atoms with van der Waals surface area (Å²) in [5, 5.41) is 5.51. The van der Waals surface area contributed by atoms with Crippen LogP contribution in [-0.4, -0.2) is 46.0 Å². The zero-order valence-electron chi connectivity index (χ0n) is 20.7. The third-order valence-electron chi connectivity index (χ3n) is 4.14. The molecule has 1 atom stereocenters. The number of rotatable bonds is 5. The summed E-state index contributed by atoms with van der Waals surface area (Å²) >= 11 is 0. The topological polar surface area (TPSA) is 87.7 Å². The number of carbonyl (C=O) groups excluding carboxylic acids is 3. The van der Waals surface area contributed by atoms with Crippen molar-refractivity contribution in [1.29, 1.82) is 0 Å². The zero-order chi connectivity index (χ0) is 24.2. The van der Waals surface area contributed by atoms with Crippen molar-refractivity contribution in [2.45, 2.75) is 92.0 Å². The molecule has 0 fully saturated rings. The van der Waals surface area contributed by atoms with Gasteiger partial charge in [0, 0.05) is 11.1 Å². The van der Waals surface area contributed by atoms with Gasteiger partial charge in [0.05, 0.1) is 0 Å². The molecule has 7 nitrogen and oxygen atoms in total. The van der Waals surface area contributed by atoms with Gasteiger partial charge in [0.1, 0.15) is 18.2 Å². The monoisotopic (exact) mass is 433 g/mol. The van der Waals surface area contributed by atoms with E-state index in [9.17, 15) is 14.4 Å². The molecule has 3 amide bonds. The molecule has 0 heterocycles. The van der Waals surface area contributed by atoms with Crippen LogP contribution >= 0.6 is 0 Å². The Hall–Kier alpha value is -2.57. The van der Waals surface area contributed by atoms with E-state index < -0.39 is 28.8 Å². The van der Waals surface area contributed by atoms with Crippen molar-refractivity contribution in [1.82, 2.24) is 15.5 Å². The molecule has 1 aromatic rings. The number of amides is 3. The molecule has 0 radical (unpaired) electrons. The van der Waals surface area contributed by atoms with Gasteiger partial charge in [-0.2, -0.15) is 0 Å². The van der Waals surface area contributed by atoms with Gasteiger partial charge in [-0.05, 0) is 74.8 Å². The van der Waals surface area contributed by atoms with Gasteiger partial charge < -0.3 is 20.3 Å². The number of hydrogen-bond donors (Lipinski definition) is 2. The second-order valence-corrected chi connectivity index (χ2v) is 10.8. The number of hydrogen-bond acceptors (Lipinski definition) is 4. The van der Waals surface area contributed by atoms with Crippen molar-refractivity contribution in [3.63, 3.8) is 0 Å². The summed E-state index contributed by atoms with van der Waals surface area (Å²) in [4.78, 5) is 40.3. The molecule has 0 aliphatic carbocycles. The number of ether oxygens (including phenoxy) is 1. The number of nitrogens with one attached hydrogen (secondary N) is 2. The van der Waals surface area contributed by atoms with Crippen LogP contribution in [0.25, 0.3) is 0 Å². The second kappa shape index (κ2) is 9.71. The molecule has 0 bridgehead atoms. The van der Waals surface area contributed by atoms with Crippen LogP contribution in [0.4, 0.5) is 4.79 Å². The lowest BCUT2D eigenvalue weighted by molar-refractivity contribution is -0.146. The summed E-state index contributed by atoms with van der Waals surface area (Å²) in [6, 6.07) is 6.70. The van der Waals surface area contributed by atoms with Crippen LogP contribution in [0.1, 0.15) is 79.5 Å². The first-order valence-electron chi connectivity index (χ1n) is 10.6. The van der Waals surface area contributed by atoms with Gasteiger partial charge in [0.15, 0.2) is 0 Å². The van der Waals surface area contributed by atoms with Gasteiger partial charge in [-0.15, -0.1) is 0 Å². The van der Waals surface area contributed by atoms with Crippen LogP contribution in [0.2, 0.25) is 0 Å². The fourth-order valence-electron chi connectivity index (χ4n) is 3.15. The fourth-order valence-corrected chi connectivity index (χ4v) is 3.15. The molecule has 31 heavy (non-hydrogen) atoms. The molecular formula is C24H39N3O4. The number of aryl methyl sites for hydroxylation is 1. The van der Waals surface area contributed by atoms with E-state index in [0.29, 0.717) is 5.56 Å². The van der Waals surface area contributed by atoms with Crippen molar-refractivity contribution in [3.05, 3.63) is 35.4 Å². The lowest BCUT2D eigenvalue weighted by Crippen LogP contribution is -2.56. The van der Waals surface area contributed by atoms with Crippen LogP contribution in [0, 0.1) is 6.92 Å².